The van der Waals surface area contributed by atoms with E-state index < -0.39 is 162 Å². The Morgan fingerprint density at radius 1 is 0.587 bits per heavy atom. The molecule has 10 aliphatic rings. The lowest BCUT2D eigenvalue weighted by Gasteiger charge is -2.65. The van der Waals surface area contributed by atoms with Crippen LogP contribution in [0.4, 0.5) is 0 Å². The summed E-state index contributed by atoms with van der Waals surface area (Å²) in [6.45, 7) is 16.8. The second-order valence-corrected chi connectivity index (χ2v) is 26.3. The van der Waals surface area contributed by atoms with E-state index in [4.69, 9.17) is 47.4 Å². The van der Waals surface area contributed by atoms with E-state index in [0.29, 0.717) is 38.5 Å². The first-order chi connectivity index (χ1) is 35.0. The molecular weight excluding hydrogens is 989 g/mol. The number of esters is 1. The molecule has 5 aliphatic carbocycles. The minimum absolute atomic E-state index is 0.0151. The van der Waals surface area contributed by atoms with Gasteiger partial charge < -0.3 is 104 Å². The van der Waals surface area contributed by atoms with Gasteiger partial charge in [-0.25, -0.2) is 0 Å². The minimum atomic E-state index is -1.69. The number of hydrogen-bond acceptors (Lipinski definition) is 22. The molecule has 75 heavy (non-hydrogen) atoms. The van der Waals surface area contributed by atoms with Crippen LogP contribution in [0.1, 0.15) is 120 Å². The number of hydrogen-bond donors (Lipinski definition) is 11. The highest BCUT2D eigenvalue weighted by Crippen LogP contribution is 2.89. The minimum Gasteiger partial charge on any atom is -0.462 e. The molecule has 11 N–H and O–H groups in total. The van der Waals surface area contributed by atoms with Gasteiger partial charge in [0.2, 0.25) is 0 Å². The Balaban J connectivity index is 0.951. The smallest absolute Gasteiger partial charge is 0.302 e. The van der Waals surface area contributed by atoms with Crippen molar-refractivity contribution in [3.8, 4) is 0 Å². The van der Waals surface area contributed by atoms with Gasteiger partial charge in [-0.1, -0.05) is 27.7 Å². The fourth-order valence-electron chi connectivity index (χ4n) is 17.5. The molecule has 10 rings (SSSR count). The predicted molar refractivity (Wildman–Crippen MR) is 255 cm³/mol. The van der Waals surface area contributed by atoms with Gasteiger partial charge in [0.15, 0.2) is 25.2 Å². The highest BCUT2D eigenvalue weighted by molar-refractivity contribution is 5.66. The number of carbonyl (C=O) groups is 1. The normalized spacial score (nSPS) is 56.5. The zero-order valence-electron chi connectivity index (χ0n) is 44.8. The maximum atomic E-state index is 13.2. The van der Waals surface area contributed by atoms with Crippen molar-refractivity contribution in [2.45, 2.75) is 260 Å². The van der Waals surface area contributed by atoms with Gasteiger partial charge >= 0.3 is 5.97 Å². The van der Waals surface area contributed by atoms with Gasteiger partial charge in [-0.2, -0.15) is 0 Å². The highest BCUT2D eigenvalue weighted by atomic mass is 16.8. The highest BCUT2D eigenvalue weighted by Gasteiger charge is 2.85. The Kier molecular flexibility index (Phi) is 14.9. The first kappa shape index (κ1) is 56.9. The molecule has 430 valence electrons. The van der Waals surface area contributed by atoms with Gasteiger partial charge in [0.05, 0.1) is 55.4 Å². The third-order valence-electron chi connectivity index (χ3n) is 21.5. The van der Waals surface area contributed by atoms with Gasteiger partial charge in [-0.05, 0) is 124 Å². The van der Waals surface area contributed by atoms with Crippen molar-refractivity contribution < 1.29 is 108 Å². The molecule has 29 atom stereocenters. The van der Waals surface area contributed by atoms with Crippen molar-refractivity contribution in [3.63, 3.8) is 0 Å². The third kappa shape index (κ3) is 8.92. The van der Waals surface area contributed by atoms with Gasteiger partial charge in [0.25, 0.3) is 0 Å². The largest absolute Gasteiger partial charge is 0.462 e. The molecule has 5 saturated carbocycles. The molecule has 22 heteroatoms. The van der Waals surface area contributed by atoms with Crippen LogP contribution in [-0.4, -0.2) is 222 Å². The van der Waals surface area contributed by atoms with Gasteiger partial charge in [-0.3, -0.25) is 4.79 Å². The molecule has 0 radical (unpaired) electrons. The Bertz CT molecular complexity index is 2080. The summed E-state index contributed by atoms with van der Waals surface area (Å²) >= 11 is 0. The number of aliphatic hydroxyl groups is 11. The summed E-state index contributed by atoms with van der Waals surface area (Å²) in [6, 6.07) is 0. The fourth-order valence-corrected chi connectivity index (χ4v) is 17.5. The van der Waals surface area contributed by atoms with Crippen molar-refractivity contribution in [1.29, 1.82) is 0 Å². The standard InChI is InChI=1S/C53H86O22/c1-22-32(58)36(62)39(65)45(69-22)75-48(5,6)31-10-12-51(9,74-31)42-28(70-23(2)54)17-50(8)29-16-27(71-43-37(63)33(59)24(55)18-66-43)41-47(3,4)30(11-13-53(41)21-52(29,53)15-14-49(42,50)7)72-46-40(35(61)26(57)20-68-46)73-44-38(64)34(60)25(56)19-67-44/h22,24-46,55-65H,10-21H2,1-9H3/t22-,24+,25-,26+,27-,28-,29-,30-,31-,32-,33-,34-,35-,36+,37+,38+,39+,40+,41-,42-,43-,44-,45-,46-,49+,50-,51+,52-,53+/m0/s1. The number of rotatable bonds is 11. The van der Waals surface area contributed by atoms with Crippen LogP contribution in [0.25, 0.3) is 0 Å². The molecule has 5 saturated heterocycles. The second-order valence-electron chi connectivity index (χ2n) is 26.3. The maximum Gasteiger partial charge on any atom is 0.302 e. The van der Waals surface area contributed by atoms with Crippen LogP contribution in [0.2, 0.25) is 0 Å². The summed E-state index contributed by atoms with van der Waals surface area (Å²) in [6.07, 6.45) is -20.1. The molecule has 10 fully saturated rings. The SMILES string of the molecule is CC(=O)O[C@H]1C[C@@]2(C)[C@@H]3C[C@H](O[C@@H]4OC[C@@H](O)[C@H](O)[C@H]4O)[C@H]4C(C)(C)[C@@H](O[C@@H]5OC[C@@H](O)[C@H](O)[C@H]5O[C@@H]5OC[C@H](O)[C@H](O)[C@H]5O)CC[C@@]45C[C@@]35CC[C@]2(C)[C@H]1[C@@]1(C)CC[C@@H](C(C)(C)O[C@@H]2O[C@@H](C)[C@H](O)[C@@H](O)[C@H]2O)O1. The van der Waals surface area contributed by atoms with Crippen molar-refractivity contribution >= 4 is 5.97 Å². The Morgan fingerprint density at radius 3 is 1.80 bits per heavy atom. The fraction of sp³-hybridized carbons (Fsp3) is 0.981. The zero-order chi connectivity index (χ0) is 54.5. The lowest BCUT2D eigenvalue weighted by Crippen LogP contribution is -2.65. The van der Waals surface area contributed by atoms with Crippen molar-refractivity contribution in [3.05, 3.63) is 0 Å². The second kappa shape index (κ2) is 19.7. The van der Waals surface area contributed by atoms with Crippen molar-refractivity contribution in [2.24, 2.45) is 44.8 Å². The summed E-state index contributed by atoms with van der Waals surface area (Å²) in [5.41, 5.74) is -4.09. The lowest BCUT2D eigenvalue weighted by atomic mass is 9.41. The number of carbonyl (C=O) groups excluding carboxylic acids is 1. The molecule has 22 nitrogen and oxygen atoms in total. The summed E-state index contributed by atoms with van der Waals surface area (Å²) in [4.78, 5) is 13.2. The van der Waals surface area contributed by atoms with Crippen LogP contribution in [0, 0.1) is 44.8 Å². The molecule has 5 heterocycles. The maximum absolute atomic E-state index is 13.2. The van der Waals surface area contributed by atoms with Crippen LogP contribution < -0.4 is 0 Å². The first-order valence-electron chi connectivity index (χ1n) is 27.5. The molecule has 0 aromatic rings. The number of ether oxygens (including phenoxy) is 10. The summed E-state index contributed by atoms with van der Waals surface area (Å²) < 4.78 is 63.4. The Morgan fingerprint density at radius 2 is 1.17 bits per heavy atom. The van der Waals surface area contributed by atoms with E-state index in [0.717, 1.165) is 19.3 Å². The lowest BCUT2D eigenvalue weighted by molar-refractivity contribution is -0.359. The number of fused-ring (bicyclic) bond motifs is 2. The average molecular weight is 1080 g/mol. The van der Waals surface area contributed by atoms with Gasteiger partial charge in [-0.15, -0.1) is 0 Å². The molecular formula is C53H86O22. The van der Waals surface area contributed by atoms with E-state index in [9.17, 15) is 61.0 Å². The van der Waals surface area contributed by atoms with Crippen molar-refractivity contribution in [2.75, 3.05) is 19.8 Å². The van der Waals surface area contributed by atoms with Crippen LogP contribution in [0.3, 0.4) is 0 Å². The van der Waals surface area contributed by atoms with E-state index in [-0.39, 0.29) is 48.4 Å². The van der Waals surface area contributed by atoms with Crippen LogP contribution >= 0.6 is 0 Å². The van der Waals surface area contributed by atoms with Crippen LogP contribution in [-0.2, 0) is 52.2 Å². The van der Waals surface area contributed by atoms with E-state index in [1.807, 2.05) is 13.8 Å². The van der Waals surface area contributed by atoms with Gasteiger partial charge in [0, 0.05) is 12.8 Å². The quantitative estimate of drug-likeness (QED) is 0.0896. The predicted octanol–water partition coefficient (Wildman–Crippen LogP) is -0.751. The zero-order valence-corrected chi connectivity index (χ0v) is 44.8. The Hall–Kier alpha value is -1.33. The molecule has 0 aromatic carbocycles. The van der Waals surface area contributed by atoms with Crippen LogP contribution in [0.5, 0.6) is 0 Å². The summed E-state index contributed by atoms with van der Waals surface area (Å²) in [5.74, 6) is -0.964. The number of aliphatic hydroxyl groups excluding tert-OH is 11. The van der Waals surface area contributed by atoms with E-state index in [2.05, 4.69) is 34.6 Å². The molecule has 0 aromatic heterocycles. The molecule has 5 aliphatic heterocycles. The molecule has 0 amide bonds. The molecule has 0 bridgehead atoms. The summed E-state index contributed by atoms with van der Waals surface area (Å²) in [7, 11) is 0. The topological polar surface area (TPSA) is 332 Å². The monoisotopic (exact) mass is 1070 g/mol. The average Bonchev–Trinajstić information content (AvgIpc) is 3.73. The Labute approximate surface area is 438 Å². The van der Waals surface area contributed by atoms with Crippen LogP contribution in [0.15, 0.2) is 0 Å². The van der Waals surface area contributed by atoms with E-state index >= 15 is 0 Å². The third-order valence-corrected chi connectivity index (χ3v) is 21.5. The van der Waals surface area contributed by atoms with E-state index in [1.165, 1.54) is 6.92 Å². The van der Waals surface area contributed by atoms with Crippen molar-refractivity contribution in [1.82, 2.24) is 0 Å². The summed E-state index contributed by atoms with van der Waals surface area (Å²) in [5, 5.41) is 118. The van der Waals surface area contributed by atoms with Gasteiger partial charge in [0.1, 0.15) is 79.4 Å². The first-order valence-corrected chi connectivity index (χ1v) is 27.5. The molecule has 0 unspecified atom stereocenters. The van der Waals surface area contributed by atoms with E-state index in [1.54, 1.807) is 6.92 Å². The molecule has 2 spiro atoms.